The molecule has 0 atom stereocenters. The van der Waals surface area contributed by atoms with Crippen molar-refractivity contribution in [2.45, 2.75) is 13.1 Å². The first-order chi connectivity index (χ1) is 7.93. The largest absolute Gasteiger partial charge is 0.433 e. The molecule has 0 amide bonds. The van der Waals surface area contributed by atoms with Gasteiger partial charge in [-0.05, 0) is 18.6 Å². The number of para-hydroxylation sites is 1. The van der Waals surface area contributed by atoms with E-state index in [1.807, 2.05) is 0 Å². The number of nitrogens with one attached hydrogen (secondary N) is 1. The van der Waals surface area contributed by atoms with Crippen molar-refractivity contribution in [1.82, 2.24) is 4.98 Å². The summed E-state index contributed by atoms with van der Waals surface area (Å²) in [6.07, 6.45) is -4.43. The van der Waals surface area contributed by atoms with Gasteiger partial charge in [0.1, 0.15) is 5.69 Å². The number of aromatic nitrogens is 1. The van der Waals surface area contributed by atoms with E-state index < -0.39 is 11.9 Å². The van der Waals surface area contributed by atoms with E-state index in [1.54, 1.807) is 32.2 Å². The Balaban J connectivity index is 2.81. The predicted molar refractivity (Wildman–Crippen MR) is 61.0 cm³/mol. The molecule has 0 unspecified atom stereocenters. The van der Waals surface area contributed by atoms with Crippen molar-refractivity contribution in [3.05, 3.63) is 35.5 Å². The van der Waals surface area contributed by atoms with Crippen molar-refractivity contribution in [2.75, 3.05) is 12.4 Å². The number of pyridine rings is 1. The van der Waals surface area contributed by atoms with Crippen LogP contribution in [0.4, 0.5) is 18.9 Å². The van der Waals surface area contributed by atoms with Gasteiger partial charge in [0.25, 0.3) is 0 Å². The second-order valence-corrected chi connectivity index (χ2v) is 3.77. The lowest BCUT2D eigenvalue weighted by Crippen LogP contribution is -2.09. The average Bonchev–Trinajstić information content (AvgIpc) is 2.27. The minimum atomic E-state index is -4.43. The number of nitrogens with zero attached hydrogens (tertiary/aromatic N) is 1. The van der Waals surface area contributed by atoms with Crippen LogP contribution in [0.3, 0.4) is 0 Å². The van der Waals surface area contributed by atoms with E-state index in [0.29, 0.717) is 16.6 Å². The maximum Gasteiger partial charge on any atom is 0.433 e. The number of aryl methyl sites for hydroxylation is 1. The number of fused-ring (bicyclic) bond motifs is 1. The summed E-state index contributed by atoms with van der Waals surface area (Å²) in [6, 6.07) is 6.32. The maximum absolute atomic E-state index is 12.7. The Labute approximate surface area is 96.5 Å². The molecule has 0 aliphatic rings. The van der Waals surface area contributed by atoms with Crippen LogP contribution in [0.5, 0.6) is 0 Å². The fourth-order valence-electron chi connectivity index (χ4n) is 1.74. The standard InChI is InChI=1S/C12H11F3N2/c1-7-4-3-5-8-9(16-2)6-10(12(13,14)15)17-11(7)8/h3-6H,1-2H3,(H,16,17). The van der Waals surface area contributed by atoms with E-state index in [4.69, 9.17) is 0 Å². The zero-order valence-corrected chi connectivity index (χ0v) is 9.39. The van der Waals surface area contributed by atoms with Gasteiger partial charge in [0, 0.05) is 18.1 Å². The lowest BCUT2D eigenvalue weighted by molar-refractivity contribution is -0.140. The second kappa shape index (κ2) is 3.91. The van der Waals surface area contributed by atoms with Gasteiger partial charge in [-0.3, -0.25) is 0 Å². The zero-order valence-electron chi connectivity index (χ0n) is 9.39. The minimum Gasteiger partial charge on any atom is -0.388 e. The first-order valence-corrected chi connectivity index (χ1v) is 5.09. The molecule has 0 aliphatic carbocycles. The molecule has 1 N–H and O–H groups in total. The van der Waals surface area contributed by atoms with Crippen LogP contribution in [0.15, 0.2) is 24.3 Å². The number of alkyl halides is 3. The van der Waals surface area contributed by atoms with E-state index >= 15 is 0 Å². The molecule has 0 aliphatic heterocycles. The molecular formula is C12H11F3N2. The summed E-state index contributed by atoms with van der Waals surface area (Å²) in [4.78, 5) is 3.69. The molecular weight excluding hydrogens is 229 g/mol. The highest BCUT2D eigenvalue weighted by Gasteiger charge is 2.33. The smallest absolute Gasteiger partial charge is 0.388 e. The first kappa shape index (κ1) is 11.7. The summed E-state index contributed by atoms with van der Waals surface area (Å²) >= 11 is 0. The fraction of sp³-hybridized carbons (Fsp3) is 0.250. The number of hydrogen-bond donors (Lipinski definition) is 1. The van der Waals surface area contributed by atoms with E-state index in [2.05, 4.69) is 10.3 Å². The molecule has 0 spiro atoms. The molecule has 0 bridgehead atoms. The topological polar surface area (TPSA) is 24.9 Å². The third-order valence-electron chi connectivity index (χ3n) is 2.60. The van der Waals surface area contributed by atoms with Crippen LogP contribution in [-0.2, 0) is 6.18 Å². The molecule has 0 fully saturated rings. The van der Waals surface area contributed by atoms with Crippen LogP contribution in [0.1, 0.15) is 11.3 Å². The van der Waals surface area contributed by atoms with Crippen LogP contribution in [0, 0.1) is 6.92 Å². The number of rotatable bonds is 1. The predicted octanol–water partition coefficient (Wildman–Crippen LogP) is 3.60. The van der Waals surface area contributed by atoms with Crippen molar-refractivity contribution in [2.24, 2.45) is 0 Å². The summed E-state index contributed by atoms with van der Waals surface area (Å²) in [5.74, 6) is 0. The van der Waals surface area contributed by atoms with Crippen molar-refractivity contribution in [1.29, 1.82) is 0 Å². The van der Waals surface area contributed by atoms with Crippen molar-refractivity contribution < 1.29 is 13.2 Å². The van der Waals surface area contributed by atoms with E-state index in [-0.39, 0.29) is 0 Å². The molecule has 1 heterocycles. The van der Waals surface area contributed by atoms with Gasteiger partial charge < -0.3 is 5.32 Å². The Morgan fingerprint density at radius 1 is 1.24 bits per heavy atom. The maximum atomic E-state index is 12.7. The van der Waals surface area contributed by atoms with E-state index in [1.165, 1.54) is 0 Å². The van der Waals surface area contributed by atoms with Crippen LogP contribution in [0.25, 0.3) is 10.9 Å². The number of anilines is 1. The van der Waals surface area contributed by atoms with E-state index in [9.17, 15) is 13.2 Å². The monoisotopic (exact) mass is 240 g/mol. The first-order valence-electron chi connectivity index (χ1n) is 5.09. The Kier molecular flexibility index (Phi) is 2.69. The van der Waals surface area contributed by atoms with Gasteiger partial charge in [-0.25, -0.2) is 4.98 Å². The van der Waals surface area contributed by atoms with Gasteiger partial charge in [0.05, 0.1) is 5.52 Å². The molecule has 90 valence electrons. The second-order valence-electron chi connectivity index (χ2n) is 3.77. The molecule has 2 aromatic rings. The third kappa shape index (κ3) is 2.05. The van der Waals surface area contributed by atoms with Crippen molar-refractivity contribution in [3.8, 4) is 0 Å². The Hall–Kier alpha value is -1.78. The van der Waals surface area contributed by atoms with E-state index in [0.717, 1.165) is 11.6 Å². The van der Waals surface area contributed by atoms with Crippen molar-refractivity contribution in [3.63, 3.8) is 0 Å². The van der Waals surface area contributed by atoms with Crippen LogP contribution in [-0.4, -0.2) is 12.0 Å². The fourth-order valence-corrected chi connectivity index (χ4v) is 1.74. The molecule has 5 heteroatoms. The highest BCUT2D eigenvalue weighted by Crippen LogP contribution is 2.33. The Bertz CT molecular complexity index is 561. The van der Waals surface area contributed by atoms with Crippen LogP contribution < -0.4 is 5.32 Å². The lowest BCUT2D eigenvalue weighted by Gasteiger charge is -2.12. The third-order valence-corrected chi connectivity index (χ3v) is 2.60. The summed E-state index contributed by atoms with van der Waals surface area (Å²) in [6.45, 7) is 1.74. The Morgan fingerprint density at radius 2 is 1.94 bits per heavy atom. The lowest BCUT2D eigenvalue weighted by atomic mass is 10.1. The van der Waals surface area contributed by atoms with Gasteiger partial charge in [-0.1, -0.05) is 18.2 Å². The molecule has 2 rings (SSSR count). The molecule has 0 saturated carbocycles. The number of hydrogen-bond acceptors (Lipinski definition) is 2. The molecule has 0 saturated heterocycles. The summed E-state index contributed by atoms with van der Waals surface area (Å²) in [7, 11) is 1.59. The van der Waals surface area contributed by atoms with Crippen LogP contribution in [0.2, 0.25) is 0 Å². The zero-order chi connectivity index (χ0) is 12.6. The average molecular weight is 240 g/mol. The molecule has 17 heavy (non-hydrogen) atoms. The summed E-state index contributed by atoms with van der Waals surface area (Å²) in [5, 5.41) is 3.46. The van der Waals surface area contributed by atoms with Gasteiger partial charge in [0.2, 0.25) is 0 Å². The highest BCUT2D eigenvalue weighted by molar-refractivity contribution is 5.93. The van der Waals surface area contributed by atoms with Crippen molar-refractivity contribution >= 4 is 16.6 Å². The van der Waals surface area contributed by atoms with Gasteiger partial charge in [0.15, 0.2) is 0 Å². The minimum absolute atomic E-state index is 0.381. The highest BCUT2D eigenvalue weighted by atomic mass is 19.4. The summed E-state index contributed by atoms with van der Waals surface area (Å²) in [5.41, 5.74) is 0.673. The summed E-state index contributed by atoms with van der Waals surface area (Å²) < 4.78 is 38.0. The molecule has 0 radical (unpaired) electrons. The van der Waals surface area contributed by atoms with Gasteiger partial charge in [-0.2, -0.15) is 13.2 Å². The van der Waals surface area contributed by atoms with Crippen LogP contribution >= 0.6 is 0 Å². The number of benzene rings is 1. The normalized spacial score (nSPS) is 11.8. The Morgan fingerprint density at radius 3 is 2.53 bits per heavy atom. The van der Waals surface area contributed by atoms with Gasteiger partial charge >= 0.3 is 6.18 Å². The quantitative estimate of drug-likeness (QED) is 0.823. The number of halogens is 3. The molecule has 2 nitrogen and oxygen atoms in total. The SMILES string of the molecule is CNc1cc(C(F)(F)F)nc2c(C)cccc12. The van der Waals surface area contributed by atoms with Gasteiger partial charge in [-0.15, -0.1) is 0 Å². The molecule has 1 aromatic heterocycles. The molecule has 1 aromatic carbocycles.